The fraction of sp³-hybridized carbons (Fsp3) is 0.833. The maximum Gasteiger partial charge on any atom is 0.321 e. The standard InChI is InChI=1S/C6H13NO2S3/c1-2-3-10-12-11-4-5(7)6(8)9/h5H,2-4,7H2,1H3,(H,8,9)/t5-/m0/s1. The number of carbonyl (C=O) groups is 1. The Labute approximate surface area is 84.0 Å². The first kappa shape index (κ1) is 12.5. The molecule has 3 N–H and O–H groups in total. The van der Waals surface area contributed by atoms with Gasteiger partial charge in [0, 0.05) is 11.5 Å². The second kappa shape index (κ2) is 8.10. The fourth-order valence-corrected chi connectivity index (χ4v) is 4.21. The molecule has 0 radical (unpaired) electrons. The molecule has 0 aromatic rings. The third kappa shape index (κ3) is 7.15. The van der Waals surface area contributed by atoms with Crippen molar-refractivity contribution in [3.05, 3.63) is 0 Å². The van der Waals surface area contributed by atoms with Crippen molar-refractivity contribution in [2.75, 3.05) is 11.5 Å². The van der Waals surface area contributed by atoms with Gasteiger partial charge in [-0.3, -0.25) is 4.79 Å². The first-order chi connectivity index (χ1) is 5.68. The lowest BCUT2D eigenvalue weighted by atomic mass is 10.4. The van der Waals surface area contributed by atoms with Crippen molar-refractivity contribution in [1.29, 1.82) is 0 Å². The van der Waals surface area contributed by atoms with Crippen LogP contribution in [-0.2, 0) is 4.79 Å². The smallest absolute Gasteiger partial charge is 0.321 e. The summed E-state index contributed by atoms with van der Waals surface area (Å²) in [4.78, 5) is 10.3. The Bertz CT molecular complexity index is 134. The highest BCUT2D eigenvalue weighted by Crippen LogP contribution is 2.34. The van der Waals surface area contributed by atoms with Crippen LogP contribution in [0.1, 0.15) is 13.3 Å². The Morgan fingerprint density at radius 3 is 2.75 bits per heavy atom. The van der Waals surface area contributed by atoms with Gasteiger partial charge >= 0.3 is 5.97 Å². The minimum atomic E-state index is -0.927. The van der Waals surface area contributed by atoms with E-state index in [2.05, 4.69) is 6.92 Å². The molecule has 72 valence electrons. The molecule has 0 aromatic carbocycles. The van der Waals surface area contributed by atoms with Crippen LogP contribution in [0.25, 0.3) is 0 Å². The summed E-state index contributed by atoms with van der Waals surface area (Å²) in [6, 6.07) is -0.732. The molecule has 0 aliphatic carbocycles. The highest BCUT2D eigenvalue weighted by Gasteiger charge is 2.10. The van der Waals surface area contributed by atoms with Gasteiger partial charge in [-0.15, -0.1) is 0 Å². The van der Waals surface area contributed by atoms with Gasteiger partial charge in [0.25, 0.3) is 0 Å². The van der Waals surface area contributed by atoms with E-state index < -0.39 is 12.0 Å². The highest BCUT2D eigenvalue weighted by atomic mass is 33.5. The molecule has 0 spiro atoms. The van der Waals surface area contributed by atoms with Crippen LogP contribution < -0.4 is 5.73 Å². The summed E-state index contributed by atoms with van der Waals surface area (Å²) >= 11 is 0. The zero-order valence-corrected chi connectivity index (χ0v) is 9.31. The Balaban J connectivity index is 3.14. The predicted molar refractivity (Wildman–Crippen MR) is 58.4 cm³/mol. The summed E-state index contributed by atoms with van der Waals surface area (Å²) < 4.78 is 0. The molecule has 12 heavy (non-hydrogen) atoms. The quantitative estimate of drug-likeness (QED) is 0.511. The summed E-state index contributed by atoms with van der Waals surface area (Å²) in [6.07, 6.45) is 1.14. The van der Waals surface area contributed by atoms with Crippen LogP contribution >= 0.6 is 31.4 Å². The molecule has 0 heterocycles. The number of rotatable bonds is 7. The topological polar surface area (TPSA) is 63.3 Å². The van der Waals surface area contributed by atoms with Gasteiger partial charge in [0.05, 0.1) is 0 Å². The maximum atomic E-state index is 10.3. The van der Waals surface area contributed by atoms with Crippen molar-refractivity contribution in [3.8, 4) is 0 Å². The largest absolute Gasteiger partial charge is 0.480 e. The van der Waals surface area contributed by atoms with E-state index in [-0.39, 0.29) is 0 Å². The van der Waals surface area contributed by atoms with E-state index in [1.807, 2.05) is 0 Å². The summed E-state index contributed by atoms with van der Waals surface area (Å²) in [7, 11) is 4.86. The van der Waals surface area contributed by atoms with Gasteiger partial charge in [-0.2, -0.15) is 0 Å². The minimum Gasteiger partial charge on any atom is -0.480 e. The molecule has 0 rings (SSSR count). The highest BCUT2D eigenvalue weighted by molar-refractivity contribution is 9.09. The average molecular weight is 227 g/mol. The lowest BCUT2D eigenvalue weighted by molar-refractivity contribution is -0.137. The van der Waals surface area contributed by atoms with Crippen molar-refractivity contribution in [2.24, 2.45) is 5.73 Å². The fourth-order valence-electron chi connectivity index (χ4n) is 0.324. The molecule has 0 aliphatic rings. The molecule has 6 heteroatoms. The Kier molecular flexibility index (Phi) is 8.42. The second-order valence-electron chi connectivity index (χ2n) is 2.12. The number of carboxylic acid groups (broad SMARTS) is 1. The molecule has 0 fully saturated rings. The predicted octanol–water partition coefficient (Wildman–Crippen LogP) is 1.84. The van der Waals surface area contributed by atoms with E-state index in [9.17, 15) is 4.79 Å². The summed E-state index contributed by atoms with van der Waals surface area (Å²) in [5, 5.41) is 8.43. The Morgan fingerprint density at radius 2 is 2.25 bits per heavy atom. The SMILES string of the molecule is CCCSSSC[C@H](N)C(=O)O. The van der Waals surface area contributed by atoms with Crippen molar-refractivity contribution in [3.63, 3.8) is 0 Å². The molecular formula is C6H13NO2S3. The van der Waals surface area contributed by atoms with Gasteiger partial charge in [-0.25, -0.2) is 0 Å². The number of aliphatic carboxylic acids is 1. The van der Waals surface area contributed by atoms with Crippen molar-refractivity contribution >= 4 is 37.4 Å². The molecular weight excluding hydrogens is 214 g/mol. The molecule has 0 unspecified atom stereocenters. The minimum absolute atomic E-state index is 0.469. The Morgan fingerprint density at radius 1 is 1.58 bits per heavy atom. The number of hydrogen-bond acceptors (Lipinski definition) is 5. The third-order valence-corrected chi connectivity index (χ3v) is 5.43. The molecule has 0 bridgehead atoms. The average Bonchev–Trinajstić information content (AvgIpc) is 2.03. The molecule has 1 atom stereocenters. The van der Waals surface area contributed by atoms with Crippen LogP contribution in [-0.4, -0.2) is 28.6 Å². The van der Waals surface area contributed by atoms with Crippen molar-refractivity contribution in [1.82, 2.24) is 0 Å². The summed E-state index contributed by atoms with van der Waals surface area (Å²) in [5.74, 6) is 0.639. The van der Waals surface area contributed by atoms with E-state index in [0.717, 1.165) is 12.2 Å². The Hall–Kier alpha value is 0.480. The zero-order chi connectivity index (χ0) is 9.40. The van der Waals surface area contributed by atoms with E-state index in [4.69, 9.17) is 10.8 Å². The van der Waals surface area contributed by atoms with Crippen LogP contribution in [0.15, 0.2) is 0 Å². The lowest BCUT2D eigenvalue weighted by Gasteiger charge is -2.03. The van der Waals surface area contributed by atoms with Crippen LogP contribution in [0.2, 0.25) is 0 Å². The van der Waals surface area contributed by atoms with Crippen LogP contribution in [0.3, 0.4) is 0 Å². The van der Waals surface area contributed by atoms with E-state index >= 15 is 0 Å². The van der Waals surface area contributed by atoms with Gasteiger partial charge < -0.3 is 10.8 Å². The molecule has 0 aromatic heterocycles. The van der Waals surface area contributed by atoms with Crippen LogP contribution in [0, 0.1) is 0 Å². The zero-order valence-electron chi connectivity index (χ0n) is 6.86. The summed E-state index contributed by atoms with van der Waals surface area (Å²) in [6.45, 7) is 2.11. The van der Waals surface area contributed by atoms with Gasteiger partial charge in [0.2, 0.25) is 0 Å². The monoisotopic (exact) mass is 227 g/mol. The van der Waals surface area contributed by atoms with Crippen LogP contribution in [0.4, 0.5) is 0 Å². The third-order valence-electron chi connectivity index (χ3n) is 0.948. The van der Waals surface area contributed by atoms with Crippen molar-refractivity contribution < 1.29 is 9.90 Å². The first-order valence-electron chi connectivity index (χ1n) is 3.58. The first-order valence-corrected chi connectivity index (χ1v) is 7.40. The molecule has 0 amide bonds. The van der Waals surface area contributed by atoms with Gasteiger partial charge in [0.1, 0.15) is 6.04 Å². The molecule has 3 nitrogen and oxygen atoms in total. The van der Waals surface area contributed by atoms with Crippen molar-refractivity contribution in [2.45, 2.75) is 19.4 Å². The molecule has 0 aliphatic heterocycles. The second-order valence-corrected chi connectivity index (χ2v) is 6.52. The van der Waals surface area contributed by atoms with Gasteiger partial charge in [-0.05, 0) is 16.2 Å². The van der Waals surface area contributed by atoms with Crippen LogP contribution in [0.5, 0.6) is 0 Å². The molecule has 0 saturated heterocycles. The number of carboxylic acids is 1. The number of nitrogens with two attached hydrogens (primary N) is 1. The summed E-state index contributed by atoms with van der Waals surface area (Å²) in [5.41, 5.74) is 5.29. The molecule has 0 saturated carbocycles. The van der Waals surface area contributed by atoms with Gasteiger partial charge in [-0.1, -0.05) is 28.5 Å². The van der Waals surface area contributed by atoms with E-state index in [0.29, 0.717) is 5.75 Å². The normalized spacial score (nSPS) is 12.8. The number of hydrogen-bond donors (Lipinski definition) is 2. The lowest BCUT2D eigenvalue weighted by Crippen LogP contribution is -2.32. The van der Waals surface area contributed by atoms with E-state index in [1.54, 1.807) is 20.6 Å². The van der Waals surface area contributed by atoms with E-state index in [1.165, 1.54) is 10.8 Å². The van der Waals surface area contributed by atoms with Gasteiger partial charge in [0.15, 0.2) is 0 Å². The maximum absolute atomic E-state index is 10.3.